The van der Waals surface area contributed by atoms with Crippen LogP contribution in [0.15, 0.2) is 12.1 Å². The Morgan fingerprint density at radius 3 is 2.37 bits per heavy atom. The zero-order valence-corrected chi connectivity index (χ0v) is 11.3. The fourth-order valence-electron chi connectivity index (χ4n) is 1.27. The van der Waals surface area contributed by atoms with Gasteiger partial charge >= 0.3 is 0 Å². The summed E-state index contributed by atoms with van der Waals surface area (Å²) in [6, 6.07) is 2.58. The molecule has 0 heterocycles. The molecule has 0 radical (unpaired) electrons. The second kappa shape index (κ2) is 6.88. The molecular formula is C11H11Cl2F2NO3. The first-order valence-electron chi connectivity index (χ1n) is 5.14. The number of benzene rings is 1. The normalized spacial score (nSPS) is 12.4. The van der Waals surface area contributed by atoms with E-state index in [-0.39, 0.29) is 21.4 Å². The highest BCUT2D eigenvalue weighted by Gasteiger charge is 2.19. The van der Waals surface area contributed by atoms with E-state index in [0.717, 1.165) is 0 Å². The second-order valence-corrected chi connectivity index (χ2v) is 4.40. The molecule has 1 rings (SSSR count). The molecule has 1 aromatic rings. The third-order valence-corrected chi connectivity index (χ3v) is 2.79. The van der Waals surface area contributed by atoms with Gasteiger partial charge in [0.25, 0.3) is 12.3 Å². The molecule has 0 saturated carbocycles. The second-order valence-electron chi connectivity index (χ2n) is 3.58. The number of methoxy groups -OCH3 is 1. The summed E-state index contributed by atoms with van der Waals surface area (Å²) in [6.45, 7) is -0.572. The topological polar surface area (TPSA) is 58.6 Å². The predicted octanol–water partition coefficient (Wildman–Crippen LogP) is 2.36. The van der Waals surface area contributed by atoms with Crippen LogP contribution in [-0.4, -0.2) is 37.2 Å². The zero-order valence-electron chi connectivity index (χ0n) is 9.79. The van der Waals surface area contributed by atoms with E-state index in [9.17, 15) is 13.6 Å². The molecule has 106 valence electrons. The van der Waals surface area contributed by atoms with E-state index in [1.807, 2.05) is 0 Å². The Morgan fingerprint density at radius 2 is 1.95 bits per heavy atom. The summed E-state index contributed by atoms with van der Waals surface area (Å²) in [5.41, 5.74) is 0.0808. The summed E-state index contributed by atoms with van der Waals surface area (Å²) in [5.74, 6) is -0.460. The van der Waals surface area contributed by atoms with Crippen LogP contribution >= 0.6 is 23.2 Å². The van der Waals surface area contributed by atoms with Crippen LogP contribution in [0.5, 0.6) is 5.75 Å². The number of nitrogens with one attached hydrogen (secondary N) is 1. The van der Waals surface area contributed by atoms with Crippen LogP contribution in [0.2, 0.25) is 10.0 Å². The Kier molecular flexibility index (Phi) is 5.78. The predicted molar refractivity (Wildman–Crippen MR) is 67.4 cm³/mol. The average Bonchev–Trinajstić information content (AvgIpc) is 2.34. The largest absolute Gasteiger partial charge is 0.494 e. The Balaban J connectivity index is 2.78. The third kappa shape index (κ3) is 4.19. The van der Waals surface area contributed by atoms with E-state index < -0.39 is 25.0 Å². The Bertz CT molecular complexity index is 448. The standard InChI is InChI=1S/C11H11Cl2F2NO3/c1-19-9-6(12)2-5(3-7(9)13)11(18)16-4-8(17)10(14)15/h2-3,8,10,17H,4H2,1H3,(H,16,18). The van der Waals surface area contributed by atoms with Crippen molar-refractivity contribution in [3.8, 4) is 5.75 Å². The lowest BCUT2D eigenvalue weighted by atomic mass is 10.2. The van der Waals surface area contributed by atoms with Gasteiger partial charge in [-0.2, -0.15) is 0 Å². The van der Waals surface area contributed by atoms with Gasteiger partial charge in [-0.15, -0.1) is 0 Å². The van der Waals surface area contributed by atoms with E-state index in [4.69, 9.17) is 33.0 Å². The molecule has 0 fully saturated rings. The Morgan fingerprint density at radius 1 is 1.42 bits per heavy atom. The van der Waals surface area contributed by atoms with Crippen molar-refractivity contribution in [2.75, 3.05) is 13.7 Å². The molecule has 1 amide bonds. The van der Waals surface area contributed by atoms with Crippen molar-refractivity contribution in [2.45, 2.75) is 12.5 Å². The van der Waals surface area contributed by atoms with E-state index in [1.165, 1.54) is 19.2 Å². The van der Waals surface area contributed by atoms with E-state index in [2.05, 4.69) is 5.32 Å². The molecule has 19 heavy (non-hydrogen) atoms. The molecule has 1 aromatic carbocycles. The number of alkyl halides is 2. The van der Waals surface area contributed by atoms with Gasteiger partial charge in [0, 0.05) is 12.1 Å². The Hall–Kier alpha value is -1.11. The minimum absolute atomic E-state index is 0.0808. The summed E-state index contributed by atoms with van der Waals surface area (Å²) < 4.78 is 29.0. The number of hydrogen-bond donors (Lipinski definition) is 2. The van der Waals surface area contributed by atoms with Crippen LogP contribution in [0.3, 0.4) is 0 Å². The van der Waals surface area contributed by atoms with Crippen molar-refractivity contribution in [3.63, 3.8) is 0 Å². The fourth-order valence-corrected chi connectivity index (χ4v) is 1.92. The molecule has 0 saturated heterocycles. The Labute approximate surface area is 118 Å². The van der Waals surface area contributed by atoms with Crippen LogP contribution in [0.4, 0.5) is 8.78 Å². The van der Waals surface area contributed by atoms with Gasteiger partial charge in [0.15, 0.2) is 5.75 Å². The molecule has 0 aliphatic carbocycles. The lowest BCUT2D eigenvalue weighted by Gasteiger charge is -2.12. The monoisotopic (exact) mass is 313 g/mol. The summed E-state index contributed by atoms with van der Waals surface area (Å²) in [7, 11) is 1.37. The summed E-state index contributed by atoms with van der Waals surface area (Å²) >= 11 is 11.7. The highest BCUT2D eigenvalue weighted by atomic mass is 35.5. The molecule has 1 unspecified atom stereocenters. The van der Waals surface area contributed by atoms with Crippen LogP contribution < -0.4 is 10.1 Å². The van der Waals surface area contributed by atoms with Crippen LogP contribution in [0, 0.1) is 0 Å². The maximum absolute atomic E-state index is 12.0. The first-order chi connectivity index (χ1) is 8.86. The van der Waals surface area contributed by atoms with Gasteiger partial charge < -0.3 is 15.2 Å². The third-order valence-electron chi connectivity index (χ3n) is 2.23. The smallest absolute Gasteiger partial charge is 0.265 e. The molecule has 0 aliphatic heterocycles. The number of hydrogen-bond acceptors (Lipinski definition) is 3. The first kappa shape index (κ1) is 15.9. The number of carbonyl (C=O) groups is 1. The molecular weight excluding hydrogens is 303 g/mol. The van der Waals surface area contributed by atoms with Crippen molar-refractivity contribution in [1.82, 2.24) is 5.32 Å². The van der Waals surface area contributed by atoms with E-state index in [0.29, 0.717) is 0 Å². The van der Waals surface area contributed by atoms with Gasteiger partial charge in [-0.1, -0.05) is 23.2 Å². The summed E-state index contributed by atoms with van der Waals surface area (Å²) in [4.78, 5) is 11.7. The van der Waals surface area contributed by atoms with Crippen LogP contribution in [0.25, 0.3) is 0 Å². The molecule has 0 spiro atoms. The van der Waals surface area contributed by atoms with Gasteiger partial charge in [-0.3, -0.25) is 4.79 Å². The molecule has 0 aliphatic rings. The molecule has 4 nitrogen and oxygen atoms in total. The lowest BCUT2D eigenvalue weighted by molar-refractivity contribution is -0.00270. The van der Waals surface area contributed by atoms with Crippen LogP contribution in [0.1, 0.15) is 10.4 Å². The quantitative estimate of drug-likeness (QED) is 0.877. The van der Waals surface area contributed by atoms with E-state index >= 15 is 0 Å². The number of amides is 1. The molecule has 0 aromatic heterocycles. The number of ether oxygens (including phenoxy) is 1. The number of carbonyl (C=O) groups excluding carboxylic acids is 1. The molecule has 8 heteroatoms. The number of halogens is 4. The SMILES string of the molecule is COc1c(Cl)cc(C(=O)NCC(O)C(F)F)cc1Cl. The van der Waals surface area contributed by atoms with Gasteiger partial charge in [-0.05, 0) is 12.1 Å². The van der Waals surface area contributed by atoms with Crippen molar-refractivity contribution >= 4 is 29.1 Å². The highest BCUT2D eigenvalue weighted by Crippen LogP contribution is 2.33. The minimum atomic E-state index is -2.93. The van der Waals surface area contributed by atoms with Crippen molar-refractivity contribution < 1.29 is 23.4 Å². The minimum Gasteiger partial charge on any atom is -0.494 e. The number of aliphatic hydroxyl groups excluding tert-OH is 1. The lowest BCUT2D eigenvalue weighted by Crippen LogP contribution is -2.35. The van der Waals surface area contributed by atoms with Gasteiger partial charge in [0.05, 0.1) is 17.2 Å². The maximum Gasteiger partial charge on any atom is 0.265 e. The molecule has 2 N–H and O–H groups in total. The van der Waals surface area contributed by atoms with Gasteiger partial charge in [-0.25, -0.2) is 8.78 Å². The summed E-state index contributed by atoms with van der Waals surface area (Å²) in [5, 5.41) is 11.3. The van der Waals surface area contributed by atoms with Crippen molar-refractivity contribution in [1.29, 1.82) is 0 Å². The molecule has 0 bridgehead atoms. The highest BCUT2D eigenvalue weighted by molar-refractivity contribution is 6.37. The fraction of sp³-hybridized carbons (Fsp3) is 0.364. The van der Waals surface area contributed by atoms with E-state index in [1.54, 1.807) is 0 Å². The first-order valence-corrected chi connectivity index (χ1v) is 5.89. The zero-order chi connectivity index (χ0) is 14.6. The van der Waals surface area contributed by atoms with Gasteiger partial charge in [0.2, 0.25) is 0 Å². The van der Waals surface area contributed by atoms with Crippen molar-refractivity contribution in [2.24, 2.45) is 0 Å². The molecule has 1 atom stereocenters. The summed E-state index contributed by atoms with van der Waals surface area (Å²) in [6.07, 6.45) is -4.85. The van der Waals surface area contributed by atoms with Gasteiger partial charge in [0.1, 0.15) is 6.10 Å². The number of aliphatic hydroxyl groups is 1. The average molecular weight is 314 g/mol. The number of rotatable bonds is 5. The van der Waals surface area contributed by atoms with Crippen LogP contribution in [-0.2, 0) is 0 Å². The maximum atomic E-state index is 12.0. The van der Waals surface area contributed by atoms with Crippen molar-refractivity contribution in [3.05, 3.63) is 27.7 Å².